The van der Waals surface area contributed by atoms with Crippen molar-refractivity contribution in [1.82, 2.24) is 0 Å². The van der Waals surface area contributed by atoms with Gasteiger partial charge in [-0.1, -0.05) is 36.4 Å². The fourth-order valence-electron chi connectivity index (χ4n) is 4.21. The SMILES string of the molecule is COc1ccc(N[C@@H]2c3ccccc3N3c4ccccc4C[C@@H]23)cc1. The van der Waals surface area contributed by atoms with Gasteiger partial charge in [0.25, 0.3) is 0 Å². The van der Waals surface area contributed by atoms with E-state index in [0.717, 1.165) is 17.9 Å². The molecular formula is C22H20N2O. The monoisotopic (exact) mass is 328 g/mol. The van der Waals surface area contributed by atoms with Crippen LogP contribution in [-0.4, -0.2) is 13.2 Å². The van der Waals surface area contributed by atoms with Gasteiger partial charge in [0.1, 0.15) is 5.75 Å². The molecule has 2 atom stereocenters. The topological polar surface area (TPSA) is 24.5 Å². The highest BCUT2D eigenvalue weighted by atomic mass is 16.5. The minimum Gasteiger partial charge on any atom is -0.497 e. The Morgan fingerprint density at radius 3 is 2.40 bits per heavy atom. The fraction of sp³-hybridized carbons (Fsp3) is 0.182. The van der Waals surface area contributed by atoms with Gasteiger partial charge in [-0.05, 0) is 48.4 Å². The molecule has 2 aliphatic heterocycles. The number of methoxy groups -OCH3 is 1. The summed E-state index contributed by atoms with van der Waals surface area (Å²) >= 11 is 0. The van der Waals surface area contributed by atoms with Crippen LogP contribution in [0.15, 0.2) is 72.8 Å². The van der Waals surface area contributed by atoms with Crippen molar-refractivity contribution in [2.24, 2.45) is 0 Å². The van der Waals surface area contributed by atoms with Gasteiger partial charge in [-0.15, -0.1) is 0 Å². The lowest BCUT2D eigenvalue weighted by atomic mass is 9.98. The molecule has 3 heteroatoms. The van der Waals surface area contributed by atoms with Crippen molar-refractivity contribution in [2.75, 3.05) is 17.3 Å². The minimum atomic E-state index is 0.275. The van der Waals surface area contributed by atoms with Gasteiger partial charge in [0.05, 0.1) is 19.2 Å². The average molecular weight is 328 g/mol. The summed E-state index contributed by atoms with van der Waals surface area (Å²) in [7, 11) is 1.70. The van der Waals surface area contributed by atoms with Gasteiger partial charge in [-0.2, -0.15) is 0 Å². The minimum absolute atomic E-state index is 0.275. The molecule has 25 heavy (non-hydrogen) atoms. The van der Waals surface area contributed by atoms with E-state index < -0.39 is 0 Å². The summed E-state index contributed by atoms with van der Waals surface area (Å²) in [6, 6.07) is 26.4. The highest BCUT2D eigenvalue weighted by Gasteiger charge is 2.43. The standard InChI is InChI=1S/C22H20N2O/c1-25-17-12-10-16(11-13-17)23-22-18-7-3-5-9-20(18)24-19-8-4-2-6-15(19)14-21(22)24/h2-13,21-23H,14H2,1H3/t21-,22+/m0/s1. The number of hydrogen-bond acceptors (Lipinski definition) is 3. The maximum atomic E-state index is 5.27. The quantitative estimate of drug-likeness (QED) is 0.738. The lowest BCUT2D eigenvalue weighted by molar-refractivity contribution is 0.415. The smallest absolute Gasteiger partial charge is 0.119 e. The van der Waals surface area contributed by atoms with Crippen molar-refractivity contribution in [2.45, 2.75) is 18.5 Å². The van der Waals surface area contributed by atoms with E-state index in [1.165, 1.54) is 22.5 Å². The van der Waals surface area contributed by atoms with Crippen LogP contribution >= 0.6 is 0 Å². The first kappa shape index (κ1) is 14.4. The lowest BCUT2D eigenvalue weighted by Gasteiger charge is -2.24. The zero-order valence-electron chi connectivity index (χ0n) is 14.1. The van der Waals surface area contributed by atoms with Crippen LogP contribution in [0.1, 0.15) is 17.2 Å². The van der Waals surface area contributed by atoms with Crippen molar-refractivity contribution in [3.8, 4) is 5.75 Å². The van der Waals surface area contributed by atoms with E-state index in [1.807, 2.05) is 12.1 Å². The molecule has 0 spiro atoms. The summed E-state index contributed by atoms with van der Waals surface area (Å²) < 4.78 is 5.27. The lowest BCUT2D eigenvalue weighted by Crippen LogP contribution is -2.30. The van der Waals surface area contributed by atoms with Gasteiger partial charge in [0.2, 0.25) is 0 Å². The van der Waals surface area contributed by atoms with Crippen molar-refractivity contribution in [3.05, 3.63) is 83.9 Å². The van der Waals surface area contributed by atoms with Crippen LogP contribution < -0.4 is 15.0 Å². The van der Waals surface area contributed by atoms with Gasteiger partial charge in [0, 0.05) is 22.6 Å². The van der Waals surface area contributed by atoms with Crippen LogP contribution in [0.4, 0.5) is 17.1 Å². The van der Waals surface area contributed by atoms with E-state index >= 15 is 0 Å². The van der Waals surface area contributed by atoms with E-state index in [0.29, 0.717) is 6.04 Å². The molecule has 0 saturated carbocycles. The van der Waals surface area contributed by atoms with E-state index in [2.05, 4.69) is 70.9 Å². The van der Waals surface area contributed by atoms with Crippen LogP contribution in [0, 0.1) is 0 Å². The molecule has 5 rings (SSSR count). The third-order valence-corrected chi connectivity index (χ3v) is 5.34. The number of ether oxygens (including phenoxy) is 1. The summed E-state index contributed by atoms with van der Waals surface area (Å²) in [6.45, 7) is 0. The summed E-state index contributed by atoms with van der Waals surface area (Å²) in [5.74, 6) is 0.882. The Balaban J connectivity index is 1.54. The summed E-state index contributed by atoms with van der Waals surface area (Å²) in [6.07, 6.45) is 1.07. The van der Waals surface area contributed by atoms with Crippen molar-refractivity contribution < 1.29 is 4.74 Å². The van der Waals surface area contributed by atoms with E-state index in [-0.39, 0.29) is 6.04 Å². The van der Waals surface area contributed by atoms with E-state index in [1.54, 1.807) is 7.11 Å². The number of anilines is 3. The average Bonchev–Trinajstić information content (AvgIpc) is 3.18. The molecule has 3 nitrogen and oxygen atoms in total. The number of nitrogens with one attached hydrogen (secondary N) is 1. The third kappa shape index (κ3) is 2.19. The number of nitrogens with zero attached hydrogens (tertiary/aromatic N) is 1. The Morgan fingerprint density at radius 2 is 1.60 bits per heavy atom. The number of benzene rings is 3. The number of fused-ring (bicyclic) bond motifs is 5. The maximum Gasteiger partial charge on any atom is 0.119 e. The van der Waals surface area contributed by atoms with Gasteiger partial charge in [-0.3, -0.25) is 0 Å². The predicted molar refractivity (Wildman–Crippen MR) is 102 cm³/mol. The molecular weight excluding hydrogens is 308 g/mol. The molecule has 0 aliphatic carbocycles. The van der Waals surface area contributed by atoms with Crippen molar-refractivity contribution in [3.63, 3.8) is 0 Å². The first-order valence-corrected chi connectivity index (χ1v) is 8.72. The summed E-state index contributed by atoms with van der Waals surface area (Å²) in [4.78, 5) is 2.51. The Labute approximate surface area is 147 Å². The van der Waals surface area contributed by atoms with E-state index in [4.69, 9.17) is 4.74 Å². The predicted octanol–water partition coefficient (Wildman–Crippen LogP) is 4.92. The van der Waals surface area contributed by atoms with Crippen LogP contribution in [0.2, 0.25) is 0 Å². The van der Waals surface area contributed by atoms with Gasteiger partial charge in [0.15, 0.2) is 0 Å². The Bertz CT molecular complexity index is 919. The van der Waals surface area contributed by atoms with Gasteiger partial charge in [-0.25, -0.2) is 0 Å². The molecule has 0 unspecified atom stereocenters. The maximum absolute atomic E-state index is 5.27. The molecule has 124 valence electrons. The second-order valence-electron chi connectivity index (χ2n) is 6.68. The molecule has 0 fully saturated rings. The van der Waals surface area contributed by atoms with Crippen molar-refractivity contribution >= 4 is 17.1 Å². The molecule has 0 bridgehead atoms. The number of hydrogen-bond donors (Lipinski definition) is 1. The van der Waals surface area contributed by atoms with Crippen LogP contribution in [0.25, 0.3) is 0 Å². The van der Waals surface area contributed by atoms with E-state index in [9.17, 15) is 0 Å². The first-order valence-electron chi connectivity index (χ1n) is 8.72. The molecule has 0 amide bonds. The molecule has 3 aromatic carbocycles. The highest BCUT2D eigenvalue weighted by molar-refractivity contribution is 5.79. The largest absolute Gasteiger partial charge is 0.497 e. The fourth-order valence-corrected chi connectivity index (χ4v) is 4.21. The Morgan fingerprint density at radius 1 is 0.880 bits per heavy atom. The molecule has 0 radical (unpaired) electrons. The Hall–Kier alpha value is -2.94. The second kappa shape index (κ2) is 5.55. The van der Waals surface area contributed by atoms with Crippen molar-refractivity contribution in [1.29, 1.82) is 0 Å². The number of para-hydroxylation sites is 2. The van der Waals surface area contributed by atoms with Gasteiger partial charge >= 0.3 is 0 Å². The Kier molecular flexibility index (Phi) is 3.20. The van der Waals surface area contributed by atoms with Crippen LogP contribution in [0.5, 0.6) is 5.75 Å². The molecule has 2 aliphatic rings. The molecule has 0 saturated heterocycles. The zero-order chi connectivity index (χ0) is 16.8. The van der Waals surface area contributed by atoms with Gasteiger partial charge < -0.3 is 15.0 Å². The third-order valence-electron chi connectivity index (χ3n) is 5.34. The zero-order valence-corrected chi connectivity index (χ0v) is 14.1. The highest BCUT2D eigenvalue weighted by Crippen LogP contribution is 2.51. The first-order chi connectivity index (χ1) is 12.3. The summed E-state index contributed by atoms with van der Waals surface area (Å²) in [5.41, 5.74) is 6.60. The molecule has 1 N–H and O–H groups in total. The van der Waals surface area contributed by atoms with Crippen LogP contribution in [0.3, 0.4) is 0 Å². The summed E-state index contributed by atoms with van der Waals surface area (Å²) in [5, 5.41) is 3.76. The van der Waals surface area contributed by atoms with Crippen LogP contribution in [-0.2, 0) is 6.42 Å². The molecule has 0 aromatic heterocycles. The second-order valence-corrected chi connectivity index (χ2v) is 6.68. The normalized spacial score (nSPS) is 20.0. The number of rotatable bonds is 3. The molecule has 3 aromatic rings. The molecule has 2 heterocycles.